The summed E-state index contributed by atoms with van der Waals surface area (Å²) in [6.07, 6.45) is 2.41. The van der Waals surface area contributed by atoms with Crippen molar-refractivity contribution in [1.29, 1.82) is 0 Å². The highest BCUT2D eigenvalue weighted by atomic mass is 32.2. The number of thioether (sulfide) groups is 1. The molecule has 2 N–H and O–H groups in total. The van der Waals surface area contributed by atoms with Crippen molar-refractivity contribution in [2.45, 2.75) is 24.5 Å². The van der Waals surface area contributed by atoms with Gasteiger partial charge in [-0.2, -0.15) is 0 Å². The summed E-state index contributed by atoms with van der Waals surface area (Å²) < 4.78 is 0. The molecule has 0 aliphatic carbocycles. The van der Waals surface area contributed by atoms with Crippen molar-refractivity contribution in [2.75, 3.05) is 32.4 Å². The van der Waals surface area contributed by atoms with Crippen molar-refractivity contribution >= 4 is 23.6 Å². The van der Waals surface area contributed by atoms with Crippen LogP contribution < -0.4 is 5.32 Å². The van der Waals surface area contributed by atoms with E-state index in [1.54, 1.807) is 18.8 Å². The fourth-order valence-electron chi connectivity index (χ4n) is 1.87. The normalized spacial score (nSPS) is 21.1. The number of piperidine rings is 1. The number of hydrogen-bond acceptors (Lipinski definition) is 4. The molecule has 0 aromatic rings. The van der Waals surface area contributed by atoms with Crippen molar-refractivity contribution in [2.24, 2.45) is 0 Å². The molecule has 17 heavy (non-hydrogen) atoms. The number of carbonyl (C=O) groups is 2. The van der Waals surface area contributed by atoms with Crippen molar-refractivity contribution in [1.82, 2.24) is 10.2 Å². The summed E-state index contributed by atoms with van der Waals surface area (Å²) in [7, 11) is 1.64. The second kappa shape index (κ2) is 7.55. The van der Waals surface area contributed by atoms with Gasteiger partial charge in [0, 0.05) is 25.4 Å². The van der Waals surface area contributed by atoms with E-state index >= 15 is 0 Å². The molecule has 1 saturated heterocycles. The lowest BCUT2D eigenvalue weighted by Crippen LogP contribution is -2.38. The van der Waals surface area contributed by atoms with Crippen LogP contribution in [0.5, 0.6) is 0 Å². The average molecular weight is 260 g/mol. The second-order valence-electron chi connectivity index (χ2n) is 4.19. The Balaban J connectivity index is 2.23. The number of carbonyl (C=O) groups excluding carboxylic acids is 1. The largest absolute Gasteiger partial charge is 0.481 e. The molecular weight excluding hydrogens is 240 g/mol. The van der Waals surface area contributed by atoms with Gasteiger partial charge in [0.2, 0.25) is 5.91 Å². The van der Waals surface area contributed by atoms with Gasteiger partial charge in [0.15, 0.2) is 0 Å². The minimum absolute atomic E-state index is 0.0534. The van der Waals surface area contributed by atoms with E-state index in [1.165, 1.54) is 0 Å². The summed E-state index contributed by atoms with van der Waals surface area (Å²) in [6, 6.07) is 0. The number of carboxylic acids is 1. The fraction of sp³-hybridized carbons (Fsp3) is 0.818. The Bertz CT molecular complexity index is 273. The van der Waals surface area contributed by atoms with Gasteiger partial charge in [0.05, 0.1) is 12.2 Å². The molecule has 1 rings (SSSR count). The summed E-state index contributed by atoms with van der Waals surface area (Å²) in [4.78, 5) is 23.8. The number of hydrogen-bond donors (Lipinski definition) is 2. The Hall–Kier alpha value is -0.750. The molecule has 1 aliphatic heterocycles. The van der Waals surface area contributed by atoms with Gasteiger partial charge in [-0.3, -0.25) is 9.59 Å². The predicted molar refractivity (Wildman–Crippen MR) is 68.2 cm³/mol. The van der Waals surface area contributed by atoms with Crippen molar-refractivity contribution < 1.29 is 14.7 Å². The number of aliphatic carboxylic acids is 1. The van der Waals surface area contributed by atoms with Gasteiger partial charge in [-0.05, 0) is 19.4 Å². The lowest BCUT2D eigenvalue weighted by atomic mass is 10.1. The summed E-state index contributed by atoms with van der Waals surface area (Å²) in [5.74, 6) is -0.198. The molecule has 1 unspecified atom stereocenters. The lowest BCUT2D eigenvalue weighted by Gasteiger charge is -2.31. The molecule has 5 nitrogen and oxygen atoms in total. The van der Waals surface area contributed by atoms with E-state index in [4.69, 9.17) is 5.11 Å². The standard InChI is InChI=1S/C11H20N2O3S/c1-12-10(14)8-17-9-3-2-5-13(7-9)6-4-11(15)16/h9H,2-8H2,1H3,(H,12,14)(H,15,16). The molecule has 0 aromatic heterocycles. The number of nitrogens with one attached hydrogen (secondary N) is 1. The Morgan fingerprint density at radius 2 is 2.29 bits per heavy atom. The molecular formula is C11H20N2O3S. The fourth-order valence-corrected chi connectivity index (χ4v) is 3.05. The monoisotopic (exact) mass is 260 g/mol. The van der Waals surface area contributed by atoms with Crippen LogP contribution in [0.25, 0.3) is 0 Å². The smallest absolute Gasteiger partial charge is 0.304 e. The topological polar surface area (TPSA) is 69.6 Å². The number of rotatable bonds is 6. The maximum atomic E-state index is 11.1. The first kappa shape index (κ1) is 14.3. The minimum atomic E-state index is -0.745. The van der Waals surface area contributed by atoms with E-state index in [-0.39, 0.29) is 12.3 Å². The maximum Gasteiger partial charge on any atom is 0.304 e. The maximum absolute atomic E-state index is 11.1. The van der Waals surface area contributed by atoms with Crippen LogP contribution in [0.15, 0.2) is 0 Å². The van der Waals surface area contributed by atoms with Crippen LogP contribution in [0.2, 0.25) is 0 Å². The molecule has 98 valence electrons. The Morgan fingerprint density at radius 1 is 1.53 bits per heavy atom. The SMILES string of the molecule is CNC(=O)CSC1CCCN(CCC(=O)O)C1. The van der Waals surface area contributed by atoms with Crippen LogP contribution in [0.1, 0.15) is 19.3 Å². The first-order chi connectivity index (χ1) is 8.11. The predicted octanol–water partition coefficient (Wildman–Crippen LogP) is 0.405. The van der Waals surface area contributed by atoms with Gasteiger partial charge in [-0.15, -0.1) is 11.8 Å². The van der Waals surface area contributed by atoms with Gasteiger partial charge < -0.3 is 15.3 Å². The summed E-state index contributed by atoms with van der Waals surface area (Å²) in [5.41, 5.74) is 0. The summed E-state index contributed by atoms with van der Waals surface area (Å²) in [6.45, 7) is 2.49. The molecule has 0 saturated carbocycles. The second-order valence-corrected chi connectivity index (χ2v) is 5.48. The van der Waals surface area contributed by atoms with Crippen LogP contribution in [0.4, 0.5) is 0 Å². The molecule has 6 heteroatoms. The molecule has 1 amide bonds. The van der Waals surface area contributed by atoms with Crippen LogP contribution in [-0.4, -0.2) is 59.6 Å². The quantitative estimate of drug-likeness (QED) is 0.723. The Labute approximate surface area is 106 Å². The van der Waals surface area contributed by atoms with E-state index in [9.17, 15) is 9.59 Å². The van der Waals surface area contributed by atoms with Gasteiger partial charge in [0.25, 0.3) is 0 Å². The zero-order chi connectivity index (χ0) is 12.7. The molecule has 0 radical (unpaired) electrons. The first-order valence-corrected chi connectivity index (χ1v) is 6.93. The summed E-state index contributed by atoms with van der Waals surface area (Å²) >= 11 is 1.67. The van der Waals surface area contributed by atoms with E-state index in [0.29, 0.717) is 17.5 Å². The minimum Gasteiger partial charge on any atom is -0.481 e. The van der Waals surface area contributed by atoms with Crippen molar-refractivity contribution in [3.8, 4) is 0 Å². The Kier molecular flexibility index (Phi) is 6.36. The zero-order valence-corrected chi connectivity index (χ0v) is 11.0. The van der Waals surface area contributed by atoms with Crippen molar-refractivity contribution in [3.63, 3.8) is 0 Å². The third-order valence-electron chi connectivity index (χ3n) is 2.83. The van der Waals surface area contributed by atoms with Gasteiger partial charge in [0.1, 0.15) is 0 Å². The molecule has 0 spiro atoms. The third kappa shape index (κ3) is 5.93. The van der Waals surface area contributed by atoms with Crippen LogP contribution in [-0.2, 0) is 9.59 Å². The highest BCUT2D eigenvalue weighted by Gasteiger charge is 2.21. The van der Waals surface area contributed by atoms with E-state index in [1.807, 2.05) is 0 Å². The van der Waals surface area contributed by atoms with E-state index < -0.39 is 5.97 Å². The molecule has 0 aromatic carbocycles. The average Bonchev–Trinajstić information content (AvgIpc) is 2.34. The number of carboxylic acid groups (broad SMARTS) is 1. The van der Waals surface area contributed by atoms with Crippen LogP contribution in [0.3, 0.4) is 0 Å². The number of nitrogens with zero attached hydrogens (tertiary/aromatic N) is 1. The highest BCUT2D eigenvalue weighted by molar-refractivity contribution is 8.00. The lowest BCUT2D eigenvalue weighted by molar-refractivity contribution is -0.137. The third-order valence-corrected chi connectivity index (χ3v) is 4.12. The molecule has 1 heterocycles. The van der Waals surface area contributed by atoms with E-state index in [0.717, 1.165) is 25.9 Å². The first-order valence-electron chi connectivity index (χ1n) is 5.88. The van der Waals surface area contributed by atoms with Crippen molar-refractivity contribution in [3.05, 3.63) is 0 Å². The van der Waals surface area contributed by atoms with Gasteiger partial charge in [-0.1, -0.05) is 0 Å². The van der Waals surface area contributed by atoms with E-state index in [2.05, 4.69) is 10.2 Å². The highest BCUT2D eigenvalue weighted by Crippen LogP contribution is 2.22. The molecule has 0 bridgehead atoms. The summed E-state index contributed by atoms with van der Waals surface area (Å²) in [5, 5.41) is 11.7. The zero-order valence-electron chi connectivity index (χ0n) is 10.1. The molecule has 1 fully saturated rings. The van der Waals surface area contributed by atoms with Crippen LogP contribution in [0, 0.1) is 0 Å². The number of likely N-dealkylation sites (tertiary alicyclic amines) is 1. The molecule has 1 atom stereocenters. The van der Waals surface area contributed by atoms with Gasteiger partial charge in [-0.25, -0.2) is 0 Å². The van der Waals surface area contributed by atoms with Crippen LogP contribution >= 0.6 is 11.8 Å². The Morgan fingerprint density at radius 3 is 2.94 bits per heavy atom. The molecule has 1 aliphatic rings. The number of amides is 1. The van der Waals surface area contributed by atoms with Gasteiger partial charge >= 0.3 is 5.97 Å².